The summed E-state index contributed by atoms with van der Waals surface area (Å²) in [5.41, 5.74) is 1.05. The first-order valence-corrected chi connectivity index (χ1v) is 9.93. The third-order valence-electron chi connectivity index (χ3n) is 4.93. The third-order valence-corrected chi connectivity index (χ3v) is 4.93. The van der Waals surface area contributed by atoms with E-state index in [4.69, 9.17) is 4.74 Å². The molecule has 3 amide bonds. The Hall–Kier alpha value is -2.41. The molecule has 0 radical (unpaired) electrons. The number of carbonyl (C=O) groups is 3. The topological polar surface area (TPSA) is 87.7 Å². The highest BCUT2D eigenvalue weighted by molar-refractivity contribution is 5.98. The van der Waals surface area contributed by atoms with E-state index in [0.717, 1.165) is 32.1 Å². The quantitative estimate of drug-likeness (QED) is 0.635. The third kappa shape index (κ3) is 6.96. The second-order valence-electron chi connectivity index (χ2n) is 7.26. The number of benzene rings is 1. The first-order chi connectivity index (χ1) is 13.5. The Morgan fingerprint density at radius 1 is 1.18 bits per heavy atom. The monoisotopic (exact) mass is 389 g/mol. The number of amides is 3. The Morgan fingerprint density at radius 2 is 1.93 bits per heavy atom. The average molecular weight is 389 g/mol. The summed E-state index contributed by atoms with van der Waals surface area (Å²) in [6, 6.07) is 6.87. The molecule has 154 valence electrons. The standard InChI is InChI=1S/C21H31N3O4/c1-24(15-19(25)22-12-7-13-28-2)21(27)17-10-6-11-18(14-17)23-20(26)16-8-4-3-5-9-16/h6,10-11,14,16H,3-5,7-9,12-13,15H2,1-2H3,(H,22,25)(H,23,26). The Kier molecular flexibility index (Phi) is 8.94. The van der Waals surface area contributed by atoms with Gasteiger partial charge in [0.05, 0.1) is 6.54 Å². The predicted molar refractivity (Wildman–Crippen MR) is 108 cm³/mol. The number of nitrogens with zero attached hydrogens (tertiary/aromatic N) is 1. The molecule has 1 aromatic rings. The van der Waals surface area contributed by atoms with Crippen molar-refractivity contribution in [2.24, 2.45) is 5.92 Å². The van der Waals surface area contributed by atoms with Crippen LogP contribution in [0.2, 0.25) is 0 Å². The normalized spacial score (nSPS) is 14.4. The van der Waals surface area contributed by atoms with Gasteiger partial charge in [-0.3, -0.25) is 14.4 Å². The molecule has 0 aromatic heterocycles. The van der Waals surface area contributed by atoms with E-state index in [9.17, 15) is 14.4 Å². The Labute approximate surface area is 166 Å². The van der Waals surface area contributed by atoms with Gasteiger partial charge in [-0.05, 0) is 37.5 Å². The second-order valence-corrected chi connectivity index (χ2v) is 7.26. The molecule has 1 fully saturated rings. The molecule has 2 N–H and O–H groups in total. The molecule has 0 spiro atoms. The SMILES string of the molecule is COCCCNC(=O)CN(C)C(=O)c1cccc(NC(=O)C2CCCCC2)c1. The molecule has 0 bridgehead atoms. The van der Waals surface area contributed by atoms with Crippen LogP contribution in [0.5, 0.6) is 0 Å². The van der Waals surface area contributed by atoms with Gasteiger partial charge in [-0.15, -0.1) is 0 Å². The maximum Gasteiger partial charge on any atom is 0.254 e. The molecule has 0 aliphatic heterocycles. The van der Waals surface area contributed by atoms with Gasteiger partial charge in [-0.2, -0.15) is 0 Å². The molecule has 2 rings (SSSR count). The molecule has 0 heterocycles. The molecule has 1 aliphatic carbocycles. The number of ether oxygens (including phenoxy) is 1. The lowest BCUT2D eigenvalue weighted by molar-refractivity contribution is -0.122. The molecule has 28 heavy (non-hydrogen) atoms. The Morgan fingerprint density at radius 3 is 2.64 bits per heavy atom. The van der Waals surface area contributed by atoms with Crippen LogP contribution in [0.4, 0.5) is 5.69 Å². The van der Waals surface area contributed by atoms with Crippen molar-refractivity contribution >= 4 is 23.4 Å². The fourth-order valence-corrected chi connectivity index (χ4v) is 3.35. The van der Waals surface area contributed by atoms with E-state index in [2.05, 4.69) is 10.6 Å². The van der Waals surface area contributed by atoms with Crippen molar-refractivity contribution in [3.63, 3.8) is 0 Å². The fraction of sp³-hybridized carbons (Fsp3) is 0.571. The summed E-state index contributed by atoms with van der Waals surface area (Å²) in [5, 5.41) is 5.68. The van der Waals surface area contributed by atoms with Crippen LogP contribution in [-0.2, 0) is 14.3 Å². The van der Waals surface area contributed by atoms with Crippen LogP contribution in [0.1, 0.15) is 48.9 Å². The van der Waals surface area contributed by atoms with Gasteiger partial charge in [0, 0.05) is 44.5 Å². The summed E-state index contributed by atoms with van der Waals surface area (Å²) in [7, 11) is 3.20. The van der Waals surface area contributed by atoms with Gasteiger partial charge in [-0.1, -0.05) is 25.3 Å². The summed E-state index contributed by atoms with van der Waals surface area (Å²) >= 11 is 0. The van der Waals surface area contributed by atoms with Crippen LogP contribution >= 0.6 is 0 Å². The van der Waals surface area contributed by atoms with E-state index in [-0.39, 0.29) is 30.2 Å². The molecular weight excluding hydrogens is 358 g/mol. The van der Waals surface area contributed by atoms with Crippen molar-refractivity contribution in [3.05, 3.63) is 29.8 Å². The lowest BCUT2D eigenvalue weighted by Crippen LogP contribution is -2.38. The van der Waals surface area contributed by atoms with Crippen molar-refractivity contribution in [1.29, 1.82) is 0 Å². The zero-order chi connectivity index (χ0) is 20.4. The first kappa shape index (κ1) is 21.9. The molecule has 0 atom stereocenters. The van der Waals surface area contributed by atoms with E-state index in [1.807, 2.05) is 0 Å². The van der Waals surface area contributed by atoms with Crippen LogP contribution in [0, 0.1) is 5.92 Å². The van der Waals surface area contributed by atoms with Crippen molar-refractivity contribution in [3.8, 4) is 0 Å². The molecule has 0 saturated heterocycles. The summed E-state index contributed by atoms with van der Waals surface area (Å²) in [6.07, 6.45) is 5.95. The van der Waals surface area contributed by atoms with Gasteiger partial charge >= 0.3 is 0 Å². The number of methoxy groups -OCH3 is 1. The highest BCUT2D eigenvalue weighted by atomic mass is 16.5. The number of carbonyl (C=O) groups excluding carboxylic acids is 3. The zero-order valence-corrected chi connectivity index (χ0v) is 16.8. The lowest BCUT2D eigenvalue weighted by Gasteiger charge is -2.21. The van der Waals surface area contributed by atoms with E-state index >= 15 is 0 Å². The summed E-state index contributed by atoms with van der Waals surface area (Å²) in [4.78, 5) is 38.3. The van der Waals surface area contributed by atoms with Crippen molar-refractivity contribution < 1.29 is 19.1 Å². The van der Waals surface area contributed by atoms with Gasteiger partial charge in [0.1, 0.15) is 0 Å². The Bertz CT molecular complexity index is 671. The minimum absolute atomic E-state index is 0.0214. The molecule has 1 aromatic carbocycles. The van der Waals surface area contributed by atoms with Crippen molar-refractivity contribution in [1.82, 2.24) is 10.2 Å². The number of rotatable bonds is 9. The van der Waals surface area contributed by atoms with Crippen LogP contribution in [0.25, 0.3) is 0 Å². The first-order valence-electron chi connectivity index (χ1n) is 9.93. The van der Waals surface area contributed by atoms with Crippen LogP contribution in [0.3, 0.4) is 0 Å². The van der Waals surface area contributed by atoms with Gasteiger partial charge in [0.2, 0.25) is 11.8 Å². The smallest absolute Gasteiger partial charge is 0.254 e. The van der Waals surface area contributed by atoms with E-state index in [1.54, 1.807) is 38.4 Å². The van der Waals surface area contributed by atoms with E-state index in [1.165, 1.54) is 11.3 Å². The summed E-state index contributed by atoms with van der Waals surface area (Å²) in [6.45, 7) is 1.07. The lowest BCUT2D eigenvalue weighted by atomic mass is 9.88. The highest BCUT2D eigenvalue weighted by Crippen LogP contribution is 2.25. The van der Waals surface area contributed by atoms with Crippen molar-refractivity contribution in [2.45, 2.75) is 38.5 Å². The second kappa shape index (κ2) is 11.4. The largest absolute Gasteiger partial charge is 0.385 e. The number of hydrogen-bond donors (Lipinski definition) is 2. The predicted octanol–water partition coefficient (Wildman–Crippen LogP) is 2.43. The molecule has 7 nitrogen and oxygen atoms in total. The summed E-state index contributed by atoms with van der Waals surface area (Å²) in [5.74, 6) is -0.403. The van der Waals surface area contributed by atoms with Crippen LogP contribution in [-0.4, -0.2) is 56.5 Å². The highest BCUT2D eigenvalue weighted by Gasteiger charge is 2.21. The maximum atomic E-state index is 12.6. The van der Waals surface area contributed by atoms with Crippen LogP contribution < -0.4 is 10.6 Å². The van der Waals surface area contributed by atoms with E-state index in [0.29, 0.717) is 24.4 Å². The van der Waals surface area contributed by atoms with Gasteiger partial charge in [-0.25, -0.2) is 0 Å². The summed E-state index contributed by atoms with van der Waals surface area (Å²) < 4.78 is 4.93. The fourth-order valence-electron chi connectivity index (χ4n) is 3.35. The number of hydrogen-bond acceptors (Lipinski definition) is 4. The molecule has 1 saturated carbocycles. The minimum Gasteiger partial charge on any atom is -0.385 e. The van der Waals surface area contributed by atoms with Crippen LogP contribution in [0.15, 0.2) is 24.3 Å². The molecule has 7 heteroatoms. The molecule has 1 aliphatic rings. The number of anilines is 1. The van der Waals surface area contributed by atoms with E-state index < -0.39 is 0 Å². The minimum atomic E-state index is -0.263. The maximum absolute atomic E-state index is 12.6. The van der Waals surface area contributed by atoms with Gasteiger partial charge in [0.15, 0.2) is 0 Å². The Balaban J connectivity index is 1.88. The van der Waals surface area contributed by atoms with Gasteiger partial charge < -0.3 is 20.3 Å². The number of likely N-dealkylation sites (N-methyl/N-ethyl adjacent to an activating group) is 1. The molecule has 0 unspecified atom stereocenters. The molecular formula is C21H31N3O4. The average Bonchev–Trinajstić information content (AvgIpc) is 2.71. The zero-order valence-electron chi connectivity index (χ0n) is 16.8. The number of nitrogens with one attached hydrogen (secondary N) is 2. The van der Waals surface area contributed by atoms with Crippen molar-refractivity contribution in [2.75, 3.05) is 39.2 Å². The van der Waals surface area contributed by atoms with Gasteiger partial charge in [0.25, 0.3) is 5.91 Å².